The van der Waals surface area contributed by atoms with Gasteiger partial charge in [0, 0.05) is 5.56 Å². The molecule has 0 saturated carbocycles. The molecule has 0 spiro atoms. The zero-order valence-electron chi connectivity index (χ0n) is 11.6. The first kappa shape index (κ1) is 15.7. The van der Waals surface area contributed by atoms with Crippen molar-refractivity contribution >= 4 is 17.8 Å². The summed E-state index contributed by atoms with van der Waals surface area (Å²) in [5.74, 6) is -2.51. The Labute approximate surface area is 116 Å². The first-order valence-electron chi connectivity index (χ1n) is 6.02. The maximum absolute atomic E-state index is 12.0. The van der Waals surface area contributed by atoms with Gasteiger partial charge in [0.1, 0.15) is 6.04 Å². The van der Waals surface area contributed by atoms with Crippen LogP contribution >= 0.6 is 0 Å². The van der Waals surface area contributed by atoms with E-state index in [0.29, 0.717) is 5.56 Å². The molecular weight excluding hydrogens is 262 g/mol. The second-order valence-electron chi connectivity index (χ2n) is 4.52. The second kappa shape index (κ2) is 6.70. The highest BCUT2D eigenvalue weighted by Crippen LogP contribution is 2.09. The summed E-state index contributed by atoms with van der Waals surface area (Å²) >= 11 is 0. The van der Waals surface area contributed by atoms with Crippen molar-refractivity contribution in [2.45, 2.75) is 26.3 Å². The molecule has 0 fully saturated rings. The molecule has 0 heterocycles. The fourth-order valence-corrected chi connectivity index (χ4v) is 1.80. The first-order valence-corrected chi connectivity index (χ1v) is 6.02. The van der Waals surface area contributed by atoms with Crippen LogP contribution in [0.25, 0.3) is 0 Å². The van der Waals surface area contributed by atoms with Gasteiger partial charge in [-0.3, -0.25) is 9.59 Å². The summed E-state index contributed by atoms with van der Waals surface area (Å²) in [6.45, 7) is 3.68. The van der Waals surface area contributed by atoms with Crippen molar-refractivity contribution in [2.24, 2.45) is 0 Å². The van der Waals surface area contributed by atoms with Crippen LogP contribution in [0.15, 0.2) is 18.2 Å². The molecule has 0 radical (unpaired) electrons. The highest BCUT2D eigenvalue weighted by molar-refractivity contribution is 5.97. The number of hydrogen-bond donors (Lipinski definition) is 2. The highest BCUT2D eigenvalue weighted by Gasteiger charge is 2.24. The molecule has 2 N–H and O–H groups in total. The lowest BCUT2D eigenvalue weighted by atomic mass is 10.1. The lowest BCUT2D eigenvalue weighted by Gasteiger charge is -2.14. The maximum Gasteiger partial charge on any atom is 0.326 e. The summed E-state index contributed by atoms with van der Waals surface area (Å²) in [4.78, 5) is 34.2. The topological polar surface area (TPSA) is 92.7 Å². The van der Waals surface area contributed by atoms with Crippen molar-refractivity contribution in [1.29, 1.82) is 0 Å². The molecule has 1 amide bonds. The summed E-state index contributed by atoms with van der Waals surface area (Å²) in [5.41, 5.74) is 2.16. The van der Waals surface area contributed by atoms with E-state index < -0.39 is 30.3 Å². The van der Waals surface area contributed by atoms with E-state index in [1.807, 2.05) is 19.9 Å². The maximum atomic E-state index is 12.0. The molecule has 0 aliphatic carbocycles. The molecule has 0 aromatic heterocycles. The summed E-state index contributed by atoms with van der Waals surface area (Å²) in [6, 6.07) is 3.90. The number of hydrogen-bond acceptors (Lipinski definition) is 4. The van der Waals surface area contributed by atoms with E-state index in [-0.39, 0.29) is 0 Å². The molecule has 1 atom stereocenters. The van der Waals surface area contributed by atoms with Gasteiger partial charge in [0.25, 0.3) is 5.91 Å². The quantitative estimate of drug-likeness (QED) is 0.786. The number of carboxylic acids is 1. The third-order valence-corrected chi connectivity index (χ3v) is 2.69. The van der Waals surface area contributed by atoms with Gasteiger partial charge in [-0.2, -0.15) is 0 Å². The predicted molar refractivity (Wildman–Crippen MR) is 71.4 cm³/mol. The van der Waals surface area contributed by atoms with Gasteiger partial charge in [-0.05, 0) is 26.0 Å². The van der Waals surface area contributed by atoms with Crippen LogP contribution in [0, 0.1) is 13.8 Å². The number of esters is 1. The number of carbonyl (C=O) groups excluding carboxylic acids is 2. The summed E-state index contributed by atoms with van der Waals surface area (Å²) in [6.07, 6.45) is -0.414. The monoisotopic (exact) mass is 279 g/mol. The fourth-order valence-electron chi connectivity index (χ4n) is 1.80. The van der Waals surface area contributed by atoms with Crippen LogP contribution in [0.2, 0.25) is 0 Å². The van der Waals surface area contributed by atoms with Gasteiger partial charge in [-0.15, -0.1) is 0 Å². The van der Waals surface area contributed by atoms with Gasteiger partial charge >= 0.3 is 11.9 Å². The van der Waals surface area contributed by atoms with Crippen molar-refractivity contribution in [1.82, 2.24) is 5.32 Å². The molecule has 0 aliphatic rings. The average molecular weight is 279 g/mol. The van der Waals surface area contributed by atoms with Gasteiger partial charge in [0.05, 0.1) is 13.5 Å². The van der Waals surface area contributed by atoms with Gasteiger partial charge in [-0.25, -0.2) is 4.79 Å². The molecule has 1 aromatic carbocycles. The standard InChI is InChI=1S/C14H17NO5/c1-8-4-9(2)6-10(5-8)13(17)15-11(14(18)19)7-12(16)20-3/h4-6,11H,7H2,1-3H3,(H,15,17)(H,18,19)/t11-/m0/s1. The third-order valence-electron chi connectivity index (χ3n) is 2.69. The van der Waals surface area contributed by atoms with E-state index in [2.05, 4.69) is 10.1 Å². The summed E-state index contributed by atoms with van der Waals surface area (Å²) in [7, 11) is 1.16. The van der Waals surface area contributed by atoms with Gasteiger partial charge < -0.3 is 15.2 Å². The van der Waals surface area contributed by atoms with Gasteiger partial charge in [-0.1, -0.05) is 17.2 Å². The number of nitrogens with one attached hydrogen (secondary N) is 1. The van der Waals surface area contributed by atoms with Crippen LogP contribution < -0.4 is 5.32 Å². The Morgan fingerprint density at radius 1 is 1.20 bits per heavy atom. The first-order chi connectivity index (χ1) is 9.33. The van der Waals surface area contributed by atoms with Crippen molar-refractivity contribution in [2.75, 3.05) is 7.11 Å². The smallest absolute Gasteiger partial charge is 0.326 e. The largest absolute Gasteiger partial charge is 0.480 e. The van der Waals surface area contributed by atoms with E-state index in [9.17, 15) is 14.4 Å². The van der Waals surface area contributed by atoms with Crippen LogP contribution in [-0.2, 0) is 14.3 Å². The normalized spacial score (nSPS) is 11.6. The number of carbonyl (C=O) groups is 3. The Hall–Kier alpha value is -2.37. The molecule has 1 aromatic rings. The van der Waals surface area contributed by atoms with Crippen LogP contribution in [0.1, 0.15) is 27.9 Å². The van der Waals surface area contributed by atoms with E-state index in [0.717, 1.165) is 18.2 Å². The number of aryl methyl sites for hydroxylation is 2. The zero-order chi connectivity index (χ0) is 15.3. The fraction of sp³-hybridized carbons (Fsp3) is 0.357. The van der Waals surface area contributed by atoms with Crippen LogP contribution in [0.3, 0.4) is 0 Å². The van der Waals surface area contributed by atoms with E-state index in [1.165, 1.54) is 0 Å². The average Bonchev–Trinajstić information content (AvgIpc) is 2.36. The summed E-state index contributed by atoms with van der Waals surface area (Å²) in [5, 5.41) is 11.3. The molecule has 108 valence electrons. The molecule has 6 nitrogen and oxygen atoms in total. The molecule has 0 bridgehead atoms. The molecule has 20 heavy (non-hydrogen) atoms. The van der Waals surface area contributed by atoms with Gasteiger partial charge in [0.15, 0.2) is 0 Å². The lowest BCUT2D eigenvalue weighted by Crippen LogP contribution is -2.42. The zero-order valence-corrected chi connectivity index (χ0v) is 11.6. The minimum atomic E-state index is -1.31. The number of amides is 1. The Balaban J connectivity index is 2.85. The third kappa shape index (κ3) is 4.38. The Bertz CT molecular complexity index is 518. The van der Waals surface area contributed by atoms with Crippen LogP contribution in [-0.4, -0.2) is 36.1 Å². The predicted octanol–water partition coefficient (Wildman–Crippen LogP) is 1.05. The van der Waals surface area contributed by atoms with Crippen molar-refractivity contribution in [3.63, 3.8) is 0 Å². The SMILES string of the molecule is COC(=O)C[C@H](NC(=O)c1cc(C)cc(C)c1)C(=O)O. The van der Waals surface area contributed by atoms with Crippen molar-refractivity contribution in [3.05, 3.63) is 34.9 Å². The molecule has 0 unspecified atom stereocenters. The van der Waals surface area contributed by atoms with Gasteiger partial charge in [0.2, 0.25) is 0 Å². The molecular formula is C14H17NO5. The number of methoxy groups -OCH3 is 1. The number of aliphatic carboxylic acids is 1. The minimum Gasteiger partial charge on any atom is -0.480 e. The number of ether oxygens (including phenoxy) is 1. The van der Waals surface area contributed by atoms with E-state index >= 15 is 0 Å². The van der Waals surface area contributed by atoms with Crippen LogP contribution in [0.5, 0.6) is 0 Å². The number of benzene rings is 1. The highest BCUT2D eigenvalue weighted by atomic mass is 16.5. The van der Waals surface area contributed by atoms with E-state index in [4.69, 9.17) is 5.11 Å². The molecule has 0 aliphatic heterocycles. The second-order valence-corrected chi connectivity index (χ2v) is 4.52. The Kier molecular flexibility index (Phi) is 5.25. The Morgan fingerprint density at radius 2 is 1.75 bits per heavy atom. The van der Waals surface area contributed by atoms with Crippen molar-refractivity contribution < 1.29 is 24.2 Å². The van der Waals surface area contributed by atoms with Crippen molar-refractivity contribution in [3.8, 4) is 0 Å². The number of carboxylic acid groups (broad SMARTS) is 1. The van der Waals surface area contributed by atoms with Crippen LogP contribution in [0.4, 0.5) is 0 Å². The minimum absolute atomic E-state index is 0.360. The number of rotatable bonds is 5. The Morgan fingerprint density at radius 3 is 2.20 bits per heavy atom. The lowest BCUT2D eigenvalue weighted by molar-refractivity contribution is -0.147. The molecule has 1 rings (SSSR count). The van der Waals surface area contributed by atoms with E-state index in [1.54, 1.807) is 12.1 Å². The molecule has 0 saturated heterocycles. The summed E-state index contributed by atoms with van der Waals surface area (Å²) < 4.78 is 4.40. The molecule has 6 heteroatoms.